The van der Waals surface area contributed by atoms with Gasteiger partial charge in [-0.15, -0.1) is 0 Å². The summed E-state index contributed by atoms with van der Waals surface area (Å²) in [6.45, 7) is 1.16. The lowest BCUT2D eigenvalue weighted by Gasteiger charge is -2.34. The highest BCUT2D eigenvalue weighted by atomic mass is 16.5. The van der Waals surface area contributed by atoms with Crippen molar-refractivity contribution < 1.29 is 19.4 Å². The Labute approximate surface area is 165 Å². The first-order chi connectivity index (χ1) is 13.6. The zero-order valence-electron chi connectivity index (χ0n) is 16.1. The molecule has 2 N–H and O–H groups in total. The van der Waals surface area contributed by atoms with Crippen LogP contribution in [0.1, 0.15) is 25.7 Å². The van der Waals surface area contributed by atoms with E-state index >= 15 is 0 Å². The molecule has 0 radical (unpaired) electrons. The first-order valence-corrected chi connectivity index (χ1v) is 9.58. The Bertz CT molecular complexity index is 837. The van der Waals surface area contributed by atoms with Crippen molar-refractivity contribution in [2.75, 3.05) is 25.5 Å². The highest BCUT2D eigenvalue weighted by Crippen LogP contribution is 2.26. The van der Waals surface area contributed by atoms with Gasteiger partial charge < -0.3 is 15.2 Å². The molecule has 6 heteroatoms. The first kappa shape index (κ1) is 19.9. The summed E-state index contributed by atoms with van der Waals surface area (Å²) in [6, 6.07) is 15.2. The van der Waals surface area contributed by atoms with E-state index in [0.29, 0.717) is 6.54 Å². The Hall–Kier alpha value is -2.86. The van der Waals surface area contributed by atoms with Crippen LogP contribution in [0.5, 0.6) is 5.75 Å². The number of likely N-dealkylation sites (tertiary alicyclic amines) is 1. The smallest absolute Gasteiger partial charge is 0.304 e. The van der Waals surface area contributed by atoms with Crippen molar-refractivity contribution in [1.82, 2.24) is 4.90 Å². The van der Waals surface area contributed by atoms with Crippen molar-refractivity contribution in [3.63, 3.8) is 0 Å². The van der Waals surface area contributed by atoms with Gasteiger partial charge in [0.15, 0.2) is 0 Å². The number of aliphatic carboxylic acids is 1. The van der Waals surface area contributed by atoms with Gasteiger partial charge >= 0.3 is 5.97 Å². The highest BCUT2D eigenvalue weighted by Gasteiger charge is 2.28. The zero-order chi connectivity index (χ0) is 19.9. The normalized spacial score (nSPS) is 17.1. The average Bonchev–Trinajstić information content (AvgIpc) is 2.72. The third-order valence-corrected chi connectivity index (χ3v) is 5.06. The molecule has 148 valence electrons. The largest absolute Gasteiger partial charge is 0.497 e. The average molecular weight is 382 g/mol. The van der Waals surface area contributed by atoms with Crippen molar-refractivity contribution in [1.29, 1.82) is 0 Å². The van der Waals surface area contributed by atoms with Crippen LogP contribution in [-0.2, 0) is 9.59 Å². The van der Waals surface area contributed by atoms with Crippen molar-refractivity contribution >= 4 is 17.6 Å². The van der Waals surface area contributed by atoms with Gasteiger partial charge in [-0.1, -0.05) is 30.7 Å². The van der Waals surface area contributed by atoms with E-state index in [1.807, 2.05) is 53.4 Å². The molecule has 1 aliphatic heterocycles. The van der Waals surface area contributed by atoms with E-state index in [-0.39, 0.29) is 18.4 Å². The van der Waals surface area contributed by atoms with E-state index < -0.39 is 5.97 Å². The van der Waals surface area contributed by atoms with Crippen LogP contribution in [-0.4, -0.2) is 48.1 Å². The second-order valence-electron chi connectivity index (χ2n) is 6.99. The van der Waals surface area contributed by atoms with Gasteiger partial charge in [-0.3, -0.25) is 14.5 Å². The van der Waals surface area contributed by atoms with Crippen molar-refractivity contribution in [3.8, 4) is 16.9 Å². The Morgan fingerprint density at radius 2 is 1.89 bits per heavy atom. The van der Waals surface area contributed by atoms with Gasteiger partial charge in [-0.05, 0) is 54.8 Å². The number of amides is 1. The van der Waals surface area contributed by atoms with Crippen molar-refractivity contribution in [3.05, 3.63) is 48.5 Å². The van der Waals surface area contributed by atoms with Gasteiger partial charge in [-0.2, -0.15) is 0 Å². The van der Waals surface area contributed by atoms with Crippen LogP contribution in [0.4, 0.5) is 5.69 Å². The maximum atomic E-state index is 12.9. The Kier molecular flexibility index (Phi) is 6.66. The van der Waals surface area contributed by atoms with E-state index in [9.17, 15) is 9.59 Å². The second-order valence-corrected chi connectivity index (χ2v) is 6.99. The molecule has 1 fully saturated rings. The number of rotatable bonds is 7. The minimum Gasteiger partial charge on any atom is -0.497 e. The van der Waals surface area contributed by atoms with Crippen LogP contribution in [0.2, 0.25) is 0 Å². The van der Waals surface area contributed by atoms with Gasteiger partial charge in [0.1, 0.15) is 5.75 Å². The molecule has 1 aliphatic rings. The second kappa shape index (κ2) is 9.37. The lowest BCUT2D eigenvalue weighted by Crippen LogP contribution is -2.47. The number of ether oxygens (including phenoxy) is 1. The lowest BCUT2D eigenvalue weighted by molar-refractivity contribution is -0.138. The van der Waals surface area contributed by atoms with E-state index in [2.05, 4.69) is 5.32 Å². The zero-order valence-corrected chi connectivity index (χ0v) is 16.1. The lowest BCUT2D eigenvalue weighted by atomic mass is 10.0. The number of nitrogens with one attached hydrogen (secondary N) is 1. The van der Waals surface area contributed by atoms with Crippen LogP contribution in [0.25, 0.3) is 11.1 Å². The molecule has 1 amide bonds. The quantitative estimate of drug-likeness (QED) is 0.764. The fourth-order valence-corrected chi connectivity index (χ4v) is 3.60. The summed E-state index contributed by atoms with van der Waals surface area (Å²) in [7, 11) is 1.63. The van der Waals surface area contributed by atoms with Gasteiger partial charge in [0, 0.05) is 12.2 Å². The fraction of sp³-hybridized carbons (Fsp3) is 0.364. The molecule has 28 heavy (non-hydrogen) atoms. The summed E-state index contributed by atoms with van der Waals surface area (Å²) in [4.78, 5) is 25.7. The molecule has 2 aromatic rings. The van der Waals surface area contributed by atoms with Crippen LogP contribution in [0.15, 0.2) is 48.5 Å². The third kappa shape index (κ3) is 5.10. The molecular formula is C22H26N2O4. The summed E-state index contributed by atoms with van der Waals surface area (Å²) >= 11 is 0. The van der Waals surface area contributed by atoms with E-state index in [1.54, 1.807) is 7.11 Å². The molecule has 0 saturated carbocycles. The van der Waals surface area contributed by atoms with Gasteiger partial charge in [0.05, 0.1) is 19.6 Å². The molecule has 1 saturated heterocycles. The van der Waals surface area contributed by atoms with Crippen LogP contribution >= 0.6 is 0 Å². The number of hydrogen-bond acceptors (Lipinski definition) is 4. The van der Waals surface area contributed by atoms with Crippen molar-refractivity contribution in [2.24, 2.45) is 0 Å². The molecule has 6 nitrogen and oxygen atoms in total. The van der Waals surface area contributed by atoms with E-state index in [4.69, 9.17) is 9.84 Å². The molecule has 0 spiro atoms. The number of hydrogen-bond donors (Lipinski definition) is 2. The number of piperidine rings is 1. The standard InChI is InChI=1S/C22H26N2O4/c1-28-19-9-5-7-17(15-19)16-6-4-8-18(14-16)23-22(27)20-10-2-3-12-24(20)13-11-21(25)26/h4-9,14-15,20H,2-3,10-13H2,1H3,(H,23,27)(H,25,26)/t20-/m1/s1. The fourth-order valence-electron chi connectivity index (χ4n) is 3.60. The molecule has 0 bridgehead atoms. The maximum absolute atomic E-state index is 12.9. The Morgan fingerprint density at radius 1 is 1.14 bits per heavy atom. The summed E-state index contributed by atoms with van der Waals surface area (Å²) < 4.78 is 5.29. The minimum absolute atomic E-state index is 0.0507. The van der Waals surface area contributed by atoms with Gasteiger partial charge in [0.25, 0.3) is 0 Å². The highest BCUT2D eigenvalue weighted by molar-refractivity contribution is 5.95. The number of benzene rings is 2. The molecule has 3 rings (SSSR count). The number of carboxylic acids is 1. The number of carbonyl (C=O) groups is 2. The van der Waals surface area contributed by atoms with Gasteiger partial charge in [-0.25, -0.2) is 0 Å². The number of carbonyl (C=O) groups excluding carboxylic acids is 1. The summed E-state index contributed by atoms with van der Waals surface area (Å²) in [5.41, 5.74) is 2.73. The van der Waals surface area contributed by atoms with Crippen molar-refractivity contribution in [2.45, 2.75) is 31.7 Å². The maximum Gasteiger partial charge on any atom is 0.304 e. The third-order valence-electron chi connectivity index (χ3n) is 5.06. The molecular weight excluding hydrogens is 356 g/mol. The molecule has 1 heterocycles. The predicted molar refractivity (Wildman–Crippen MR) is 109 cm³/mol. The monoisotopic (exact) mass is 382 g/mol. The molecule has 1 atom stereocenters. The van der Waals surface area contributed by atoms with Crippen LogP contribution < -0.4 is 10.1 Å². The Balaban J connectivity index is 1.71. The molecule has 0 aliphatic carbocycles. The number of nitrogens with zero attached hydrogens (tertiary/aromatic N) is 1. The predicted octanol–water partition coefficient (Wildman–Crippen LogP) is 3.63. The summed E-state index contributed by atoms with van der Waals surface area (Å²) in [5, 5.41) is 12.0. The summed E-state index contributed by atoms with van der Waals surface area (Å²) in [5.74, 6) is -0.133. The first-order valence-electron chi connectivity index (χ1n) is 9.58. The number of methoxy groups -OCH3 is 1. The van der Waals surface area contributed by atoms with E-state index in [1.165, 1.54) is 0 Å². The van der Waals surface area contributed by atoms with Gasteiger partial charge in [0.2, 0.25) is 5.91 Å². The van der Waals surface area contributed by atoms with Crippen LogP contribution in [0.3, 0.4) is 0 Å². The Morgan fingerprint density at radius 3 is 2.64 bits per heavy atom. The molecule has 0 aromatic heterocycles. The summed E-state index contributed by atoms with van der Waals surface area (Å²) in [6.07, 6.45) is 2.77. The topological polar surface area (TPSA) is 78.9 Å². The molecule has 0 unspecified atom stereocenters. The number of carboxylic acid groups (broad SMARTS) is 1. The molecule has 2 aromatic carbocycles. The van der Waals surface area contributed by atoms with Crippen LogP contribution in [0, 0.1) is 0 Å². The minimum atomic E-state index is -0.837. The number of anilines is 1. The SMILES string of the molecule is COc1cccc(-c2cccc(NC(=O)[C@H]3CCCCN3CCC(=O)O)c2)c1. The van der Waals surface area contributed by atoms with E-state index in [0.717, 1.165) is 48.4 Å².